The van der Waals surface area contributed by atoms with Crippen LogP contribution in [-0.4, -0.2) is 29.9 Å². The third-order valence-corrected chi connectivity index (χ3v) is 2.22. The van der Waals surface area contributed by atoms with E-state index in [4.69, 9.17) is 5.73 Å². The van der Waals surface area contributed by atoms with Crippen molar-refractivity contribution in [3.63, 3.8) is 0 Å². The highest BCUT2D eigenvalue weighted by Gasteiger charge is 2.11. The van der Waals surface area contributed by atoms with Gasteiger partial charge in [0.2, 0.25) is 0 Å². The third-order valence-electron chi connectivity index (χ3n) is 1.35. The molecule has 66 valence electrons. The Labute approximate surface area is 75.0 Å². The van der Waals surface area contributed by atoms with E-state index in [-0.39, 0.29) is 5.91 Å². The molecule has 4 nitrogen and oxygen atoms in total. The van der Waals surface area contributed by atoms with Gasteiger partial charge in [0.25, 0.3) is 5.91 Å². The van der Waals surface area contributed by atoms with Gasteiger partial charge in [0.05, 0.1) is 0 Å². The summed E-state index contributed by atoms with van der Waals surface area (Å²) in [7, 11) is 3.40. The maximum Gasteiger partial charge on any atom is 0.272 e. The Morgan fingerprint density at radius 3 is 2.83 bits per heavy atom. The van der Waals surface area contributed by atoms with E-state index < -0.39 is 0 Å². The average molecular weight is 185 g/mol. The van der Waals surface area contributed by atoms with Gasteiger partial charge in [0.1, 0.15) is 10.7 Å². The molecule has 0 atom stereocenters. The summed E-state index contributed by atoms with van der Waals surface area (Å²) in [5.74, 6) is -0.0778. The highest BCUT2D eigenvalue weighted by molar-refractivity contribution is 7.09. The molecule has 0 spiro atoms. The van der Waals surface area contributed by atoms with Crippen molar-refractivity contribution in [1.82, 2.24) is 9.88 Å². The van der Waals surface area contributed by atoms with Gasteiger partial charge in [-0.05, 0) is 0 Å². The molecule has 0 saturated carbocycles. The molecular weight excluding hydrogens is 174 g/mol. The first-order valence-corrected chi connectivity index (χ1v) is 4.39. The Morgan fingerprint density at radius 1 is 1.75 bits per heavy atom. The lowest BCUT2D eigenvalue weighted by Gasteiger charge is -2.06. The van der Waals surface area contributed by atoms with E-state index in [1.807, 2.05) is 0 Å². The second-order valence-corrected chi connectivity index (χ2v) is 3.47. The number of carbonyl (C=O) groups is 1. The lowest BCUT2D eigenvalue weighted by atomic mass is 10.4. The van der Waals surface area contributed by atoms with Gasteiger partial charge in [-0.3, -0.25) is 4.79 Å². The Balaban J connectivity index is 2.82. The second kappa shape index (κ2) is 3.64. The summed E-state index contributed by atoms with van der Waals surface area (Å²) in [6.07, 6.45) is 0. The molecule has 1 aromatic heterocycles. The Hall–Kier alpha value is -0.940. The predicted molar refractivity (Wildman–Crippen MR) is 48.0 cm³/mol. The molecule has 0 fully saturated rings. The molecule has 1 heterocycles. The number of aromatic nitrogens is 1. The maximum absolute atomic E-state index is 11.3. The summed E-state index contributed by atoms with van der Waals surface area (Å²) in [6, 6.07) is 0. The summed E-state index contributed by atoms with van der Waals surface area (Å²) in [5, 5.41) is 2.52. The first kappa shape index (κ1) is 9.15. The topological polar surface area (TPSA) is 59.2 Å². The minimum Gasteiger partial charge on any atom is -0.343 e. The van der Waals surface area contributed by atoms with Crippen molar-refractivity contribution < 1.29 is 4.79 Å². The highest BCUT2D eigenvalue weighted by atomic mass is 32.1. The Bertz CT molecular complexity index is 282. The van der Waals surface area contributed by atoms with Crippen LogP contribution in [0.1, 0.15) is 15.5 Å². The summed E-state index contributed by atoms with van der Waals surface area (Å²) in [5.41, 5.74) is 5.84. The SMILES string of the molecule is CN(C)C(=O)c1csc(CN)n1. The van der Waals surface area contributed by atoms with Gasteiger partial charge in [0, 0.05) is 26.0 Å². The minimum absolute atomic E-state index is 0.0778. The van der Waals surface area contributed by atoms with Crippen LogP contribution in [0.5, 0.6) is 0 Å². The average Bonchev–Trinajstić information content (AvgIpc) is 2.50. The second-order valence-electron chi connectivity index (χ2n) is 2.53. The Kier molecular flexibility index (Phi) is 2.78. The van der Waals surface area contributed by atoms with Gasteiger partial charge >= 0.3 is 0 Å². The minimum atomic E-state index is -0.0778. The number of amides is 1. The van der Waals surface area contributed by atoms with Gasteiger partial charge in [-0.15, -0.1) is 11.3 Å². The fourth-order valence-electron chi connectivity index (χ4n) is 0.732. The molecule has 0 bridgehead atoms. The summed E-state index contributed by atoms with van der Waals surface area (Å²) >= 11 is 1.41. The van der Waals surface area contributed by atoms with Gasteiger partial charge in [0.15, 0.2) is 0 Å². The van der Waals surface area contributed by atoms with Gasteiger partial charge in [-0.2, -0.15) is 0 Å². The number of nitrogens with zero attached hydrogens (tertiary/aromatic N) is 2. The van der Waals surface area contributed by atoms with Crippen molar-refractivity contribution in [3.05, 3.63) is 16.1 Å². The first-order chi connectivity index (χ1) is 5.65. The molecule has 0 aliphatic carbocycles. The van der Waals surface area contributed by atoms with Crippen LogP contribution in [0, 0.1) is 0 Å². The zero-order valence-electron chi connectivity index (χ0n) is 7.07. The molecule has 0 unspecified atom stereocenters. The van der Waals surface area contributed by atoms with Crippen LogP contribution >= 0.6 is 11.3 Å². The largest absolute Gasteiger partial charge is 0.343 e. The number of hydrogen-bond donors (Lipinski definition) is 1. The number of nitrogens with two attached hydrogens (primary N) is 1. The van der Waals surface area contributed by atoms with Gasteiger partial charge in [-0.25, -0.2) is 4.98 Å². The zero-order chi connectivity index (χ0) is 9.14. The smallest absolute Gasteiger partial charge is 0.272 e. The van der Waals surface area contributed by atoms with E-state index in [2.05, 4.69) is 4.98 Å². The quantitative estimate of drug-likeness (QED) is 0.721. The number of thiazole rings is 1. The van der Waals surface area contributed by atoms with Crippen molar-refractivity contribution in [1.29, 1.82) is 0 Å². The van der Waals surface area contributed by atoms with Crippen molar-refractivity contribution in [2.75, 3.05) is 14.1 Å². The summed E-state index contributed by atoms with van der Waals surface area (Å²) in [6.45, 7) is 0.394. The lowest BCUT2D eigenvalue weighted by molar-refractivity contribution is 0.0822. The Morgan fingerprint density at radius 2 is 2.42 bits per heavy atom. The fourth-order valence-corrected chi connectivity index (χ4v) is 1.38. The van der Waals surface area contributed by atoms with Crippen LogP contribution in [0.3, 0.4) is 0 Å². The molecule has 0 aliphatic heterocycles. The molecule has 0 radical (unpaired) electrons. The summed E-state index contributed by atoms with van der Waals surface area (Å²) < 4.78 is 0. The molecule has 0 aromatic carbocycles. The van der Waals surface area contributed by atoms with E-state index >= 15 is 0 Å². The van der Waals surface area contributed by atoms with Crippen molar-refractivity contribution in [3.8, 4) is 0 Å². The number of carbonyl (C=O) groups excluding carboxylic acids is 1. The number of rotatable bonds is 2. The summed E-state index contributed by atoms with van der Waals surface area (Å²) in [4.78, 5) is 16.9. The molecular formula is C7H11N3OS. The van der Waals surface area contributed by atoms with Crippen LogP contribution in [0.25, 0.3) is 0 Å². The molecule has 1 aromatic rings. The van der Waals surface area contributed by atoms with Crippen LogP contribution in [0.15, 0.2) is 5.38 Å². The molecule has 1 amide bonds. The van der Waals surface area contributed by atoms with Crippen LogP contribution < -0.4 is 5.73 Å². The van der Waals surface area contributed by atoms with Crippen LogP contribution in [0.4, 0.5) is 0 Å². The molecule has 0 saturated heterocycles. The monoisotopic (exact) mass is 185 g/mol. The van der Waals surface area contributed by atoms with Crippen molar-refractivity contribution in [2.24, 2.45) is 5.73 Å². The van der Waals surface area contributed by atoms with Crippen molar-refractivity contribution >= 4 is 17.2 Å². The molecule has 5 heteroatoms. The highest BCUT2D eigenvalue weighted by Crippen LogP contribution is 2.09. The zero-order valence-corrected chi connectivity index (χ0v) is 7.89. The van der Waals surface area contributed by atoms with Gasteiger partial charge in [-0.1, -0.05) is 0 Å². The predicted octanol–water partition coefficient (Wildman–Crippen LogP) is 0.304. The first-order valence-electron chi connectivity index (χ1n) is 3.51. The number of hydrogen-bond acceptors (Lipinski definition) is 4. The fraction of sp³-hybridized carbons (Fsp3) is 0.429. The lowest BCUT2D eigenvalue weighted by Crippen LogP contribution is -2.22. The maximum atomic E-state index is 11.3. The van der Waals surface area contributed by atoms with Crippen LogP contribution in [0.2, 0.25) is 0 Å². The van der Waals surface area contributed by atoms with E-state index in [1.165, 1.54) is 16.2 Å². The molecule has 1 rings (SSSR count). The van der Waals surface area contributed by atoms with E-state index in [1.54, 1.807) is 19.5 Å². The van der Waals surface area contributed by atoms with E-state index in [0.29, 0.717) is 12.2 Å². The van der Waals surface area contributed by atoms with Gasteiger partial charge < -0.3 is 10.6 Å². The standard InChI is InChI=1S/C7H11N3OS/c1-10(2)7(11)5-4-12-6(3-8)9-5/h4H,3,8H2,1-2H3. The normalized spacial score (nSPS) is 9.92. The van der Waals surface area contributed by atoms with Crippen LogP contribution in [-0.2, 0) is 6.54 Å². The molecule has 0 aliphatic rings. The molecule has 12 heavy (non-hydrogen) atoms. The van der Waals surface area contributed by atoms with E-state index in [9.17, 15) is 4.79 Å². The molecule has 2 N–H and O–H groups in total. The van der Waals surface area contributed by atoms with Crippen molar-refractivity contribution in [2.45, 2.75) is 6.54 Å². The third kappa shape index (κ3) is 1.80. The van der Waals surface area contributed by atoms with E-state index in [0.717, 1.165) is 5.01 Å².